The van der Waals surface area contributed by atoms with Gasteiger partial charge in [0.15, 0.2) is 0 Å². The van der Waals surface area contributed by atoms with Crippen LogP contribution < -0.4 is 5.32 Å². The maximum atomic E-state index is 12.3. The summed E-state index contributed by atoms with van der Waals surface area (Å²) in [5.74, 6) is -0.0626. The molecule has 0 spiro atoms. The molecule has 1 amide bonds. The Balaban J connectivity index is 1.94. The minimum atomic E-state index is -0.0626. The molecule has 0 fully saturated rings. The fourth-order valence-corrected chi connectivity index (χ4v) is 3.36. The summed E-state index contributed by atoms with van der Waals surface area (Å²) in [7, 11) is 1.63. The lowest BCUT2D eigenvalue weighted by Gasteiger charge is -2.10. The average Bonchev–Trinajstić information content (AvgIpc) is 2.86. The van der Waals surface area contributed by atoms with Crippen molar-refractivity contribution < 1.29 is 9.53 Å². The molecule has 1 aromatic heterocycles. The third-order valence-corrected chi connectivity index (χ3v) is 4.92. The van der Waals surface area contributed by atoms with Gasteiger partial charge in [0, 0.05) is 42.4 Å². The SMILES string of the molecule is COCCNC(=O)c1ccc2c(c1)c(C)c(C)n2Cc1cccc(C)c1. The number of carbonyl (C=O) groups excluding carboxylic acids is 1. The number of aromatic nitrogens is 1. The van der Waals surface area contributed by atoms with Crippen LogP contribution in [0.3, 0.4) is 0 Å². The van der Waals surface area contributed by atoms with Crippen molar-refractivity contribution in [2.45, 2.75) is 27.3 Å². The second-order valence-corrected chi connectivity index (χ2v) is 6.77. The Morgan fingerprint density at radius 2 is 1.92 bits per heavy atom. The van der Waals surface area contributed by atoms with Crippen molar-refractivity contribution in [3.8, 4) is 0 Å². The van der Waals surface area contributed by atoms with Crippen LogP contribution in [0.5, 0.6) is 0 Å². The molecular formula is C22H26N2O2. The van der Waals surface area contributed by atoms with Gasteiger partial charge in [0.1, 0.15) is 0 Å². The van der Waals surface area contributed by atoms with Gasteiger partial charge in [0.25, 0.3) is 5.91 Å². The van der Waals surface area contributed by atoms with Crippen LogP contribution in [-0.4, -0.2) is 30.7 Å². The van der Waals surface area contributed by atoms with Gasteiger partial charge in [-0.05, 0) is 50.1 Å². The van der Waals surface area contributed by atoms with E-state index >= 15 is 0 Å². The van der Waals surface area contributed by atoms with Crippen LogP contribution in [-0.2, 0) is 11.3 Å². The Kier molecular flexibility index (Phi) is 5.43. The Labute approximate surface area is 154 Å². The molecule has 0 unspecified atom stereocenters. The number of rotatable bonds is 6. The lowest BCUT2D eigenvalue weighted by molar-refractivity contribution is 0.0937. The first-order valence-electron chi connectivity index (χ1n) is 8.93. The Morgan fingerprint density at radius 1 is 1.12 bits per heavy atom. The van der Waals surface area contributed by atoms with Crippen molar-refractivity contribution in [1.82, 2.24) is 9.88 Å². The number of hydrogen-bond donors (Lipinski definition) is 1. The zero-order valence-electron chi connectivity index (χ0n) is 15.9. The predicted octanol–water partition coefficient (Wildman–Crippen LogP) is 3.99. The highest BCUT2D eigenvalue weighted by Crippen LogP contribution is 2.27. The number of ether oxygens (including phenoxy) is 1. The van der Waals surface area contributed by atoms with Crippen LogP contribution in [0.4, 0.5) is 0 Å². The lowest BCUT2D eigenvalue weighted by Crippen LogP contribution is -2.26. The number of methoxy groups -OCH3 is 1. The number of benzene rings is 2. The maximum Gasteiger partial charge on any atom is 0.251 e. The fraction of sp³-hybridized carbons (Fsp3) is 0.318. The van der Waals surface area contributed by atoms with Crippen LogP contribution in [0.15, 0.2) is 42.5 Å². The third kappa shape index (κ3) is 3.65. The predicted molar refractivity (Wildman–Crippen MR) is 106 cm³/mol. The van der Waals surface area contributed by atoms with Gasteiger partial charge in [-0.3, -0.25) is 4.79 Å². The summed E-state index contributed by atoms with van der Waals surface area (Å²) in [6.07, 6.45) is 0. The normalized spacial score (nSPS) is 11.1. The number of carbonyl (C=O) groups is 1. The number of amides is 1. The average molecular weight is 350 g/mol. The van der Waals surface area contributed by atoms with E-state index in [1.54, 1.807) is 7.11 Å². The number of hydrogen-bond acceptors (Lipinski definition) is 2. The van der Waals surface area contributed by atoms with Gasteiger partial charge < -0.3 is 14.6 Å². The van der Waals surface area contributed by atoms with Gasteiger partial charge in [-0.1, -0.05) is 29.8 Å². The first-order valence-corrected chi connectivity index (χ1v) is 8.93. The van der Waals surface area contributed by atoms with Gasteiger partial charge in [0.2, 0.25) is 0 Å². The first-order chi connectivity index (χ1) is 12.5. The molecule has 0 atom stereocenters. The smallest absolute Gasteiger partial charge is 0.251 e. The fourth-order valence-electron chi connectivity index (χ4n) is 3.36. The molecule has 0 aliphatic heterocycles. The Bertz CT molecular complexity index is 941. The summed E-state index contributed by atoms with van der Waals surface area (Å²) in [5.41, 5.74) is 6.85. The van der Waals surface area contributed by atoms with E-state index in [9.17, 15) is 4.79 Å². The summed E-state index contributed by atoms with van der Waals surface area (Å²) in [5, 5.41) is 4.01. The van der Waals surface area contributed by atoms with Crippen LogP contribution in [0, 0.1) is 20.8 Å². The molecule has 0 aliphatic rings. The molecule has 26 heavy (non-hydrogen) atoms. The lowest BCUT2D eigenvalue weighted by atomic mass is 10.1. The molecule has 3 aromatic rings. The third-order valence-electron chi connectivity index (χ3n) is 4.92. The van der Waals surface area contributed by atoms with Crippen molar-refractivity contribution in [3.63, 3.8) is 0 Å². The number of aryl methyl sites for hydroxylation is 2. The molecule has 0 saturated heterocycles. The molecule has 0 saturated carbocycles. The van der Waals surface area contributed by atoms with E-state index < -0.39 is 0 Å². The van der Waals surface area contributed by atoms with Gasteiger partial charge in [-0.2, -0.15) is 0 Å². The van der Waals surface area contributed by atoms with E-state index in [1.807, 2.05) is 12.1 Å². The second-order valence-electron chi connectivity index (χ2n) is 6.77. The van der Waals surface area contributed by atoms with Gasteiger partial charge >= 0.3 is 0 Å². The van der Waals surface area contributed by atoms with E-state index in [0.29, 0.717) is 18.7 Å². The highest BCUT2D eigenvalue weighted by molar-refractivity contribution is 5.99. The van der Waals surface area contributed by atoms with Crippen LogP contribution in [0.1, 0.15) is 32.7 Å². The molecule has 0 aliphatic carbocycles. The molecule has 3 rings (SSSR count). The standard InChI is InChI=1S/C22H26N2O2/c1-15-6-5-7-18(12-15)14-24-17(3)16(2)20-13-19(8-9-21(20)24)22(25)23-10-11-26-4/h5-9,12-13H,10-11,14H2,1-4H3,(H,23,25). The molecule has 0 radical (unpaired) electrons. The number of nitrogens with one attached hydrogen (secondary N) is 1. The summed E-state index contributed by atoms with van der Waals surface area (Å²) in [6.45, 7) is 8.24. The molecule has 2 aromatic carbocycles. The molecule has 1 N–H and O–H groups in total. The van der Waals surface area contributed by atoms with Gasteiger partial charge in [-0.15, -0.1) is 0 Å². The summed E-state index contributed by atoms with van der Waals surface area (Å²) < 4.78 is 7.31. The topological polar surface area (TPSA) is 43.3 Å². The second kappa shape index (κ2) is 7.75. The van der Waals surface area contributed by atoms with Crippen molar-refractivity contribution >= 4 is 16.8 Å². The molecule has 0 bridgehead atoms. The first kappa shape index (κ1) is 18.2. The van der Waals surface area contributed by atoms with E-state index in [0.717, 1.165) is 17.4 Å². The monoisotopic (exact) mass is 350 g/mol. The van der Waals surface area contributed by atoms with E-state index in [2.05, 4.69) is 61.0 Å². The van der Waals surface area contributed by atoms with Crippen molar-refractivity contribution in [1.29, 1.82) is 0 Å². The van der Waals surface area contributed by atoms with Crippen molar-refractivity contribution in [3.05, 3.63) is 70.4 Å². The molecule has 1 heterocycles. The molecule has 4 nitrogen and oxygen atoms in total. The Hall–Kier alpha value is -2.59. The van der Waals surface area contributed by atoms with Crippen LogP contribution in [0.2, 0.25) is 0 Å². The van der Waals surface area contributed by atoms with Crippen LogP contribution >= 0.6 is 0 Å². The maximum absolute atomic E-state index is 12.3. The number of nitrogens with zero attached hydrogens (tertiary/aromatic N) is 1. The Morgan fingerprint density at radius 3 is 2.65 bits per heavy atom. The van der Waals surface area contributed by atoms with E-state index in [4.69, 9.17) is 4.74 Å². The minimum absolute atomic E-state index is 0.0626. The molecular weight excluding hydrogens is 324 g/mol. The highest BCUT2D eigenvalue weighted by Gasteiger charge is 2.14. The molecule has 136 valence electrons. The zero-order valence-corrected chi connectivity index (χ0v) is 15.9. The van der Waals surface area contributed by atoms with Crippen LogP contribution in [0.25, 0.3) is 10.9 Å². The highest BCUT2D eigenvalue weighted by atomic mass is 16.5. The summed E-state index contributed by atoms with van der Waals surface area (Å²) >= 11 is 0. The number of fused-ring (bicyclic) bond motifs is 1. The minimum Gasteiger partial charge on any atom is -0.383 e. The summed E-state index contributed by atoms with van der Waals surface area (Å²) in [6, 6.07) is 14.5. The van der Waals surface area contributed by atoms with Gasteiger partial charge in [0.05, 0.1) is 6.61 Å². The summed E-state index contributed by atoms with van der Waals surface area (Å²) in [4.78, 5) is 12.3. The van der Waals surface area contributed by atoms with Crippen molar-refractivity contribution in [2.75, 3.05) is 20.3 Å². The van der Waals surface area contributed by atoms with E-state index in [-0.39, 0.29) is 5.91 Å². The van der Waals surface area contributed by atoms with Crippen molar-refractivity contribution in [2.24, 2.45) is 0 Å². The van der Waals surface area contributed by atoms with Gasteiger partial charge in [-0.25, -0.2) is 0 Å². The van der Waals surface area contributed by atoms with E-state index in [1.165, 1.54) is 22.4 Å². The largest absolute Gasteiger partial charge is 0.383 e. The molecule has 4 heteroatoms. The zero-order chi connectivity index (χ0) is 18.7. The quantitative estimate of drug-likeness (QED) is 0.683.